The number of amides is 1. The number of non-ortho nitro benzene ring substituents is 1. The number of ether oxygens (including phenoxy) is 2. The summed E-state index contributed by atoms with van der Waals surface area (Å²) in [5.41, 5.74) is 0.735. The summed E-state index contributed by atoms with van der Waals surface area (Å²) in [6, 6.07) is 13.0. The summed E-state index contributed by atoms with van der Waals surface area (Å²) in [5, 5.41) is 13.5. The van der Waals surface area contributed by atoms with E-state index in [1.165, 1.54) is 32.2 Å². The smallest absolute Gasteiger partial charge is 0.314 e. The summed E-state index contributed by atoms with van der Waals surface area (Å²) in [7, 11) is 1.38. The van der Waals surface area contributed by atoms with Gasteiger partial charge in [0.25, 0.3) is 11.6 Å². The third-order valence-electron chi connectivity index (χ3n) is 4.21. The Morgan fingerprint density at radius 3 is 2.43 bits per heavy atom. The normalized spacial score (nSPS) is 12.5. The molecule has 0 aromatic heterocycles. The van der Waals surface area contributed by atoms with Crippen LogP contribution in [0.4, 0.5) is 11.4 Å². The molecule has 8 heteroatoms. The van der Waals surface area contributed by atoms with E-state index in [-0.39, 0.29) is 17.1 Å². The number of benzene rings is 2. The number of hydrogen-bond donors (Lipinski definition) is 1. The lowest BCUT2D eigenvalue weighted by Crippen LogP contribution is -2.32. The van der Waals surface area contributed by atoms with E-state index in [1.807, 2.05) is 37.3 Å². The molecule has 0 aliphatic carbocycles. The number of carbonyl (C=O) groups is 2. The molecule has 0 radical (unpaired) electrons. The Hall–Kier alpha value is -3.42. The number of rotatable bonds is 8. The average molecular weight is 386 g/mol. The fraction of sp³-hybridized carbons (Fsp3) is 0.300. The predicted molar refractivity (Wildman–Crippen MR) is 103 cm³/mol. The predicted octanol–water partition coefficient (Wildman–Crippen LogP) is 3.67. The first-order valence-electron chi connectivity index (χ1n) is 8.76. The van der Waals surface area contributed by atoms with Gasteiger partial charge in [0.1, 0.15) is 5.75 Å². The second kappa shape index (κ2) is 9.50. The number of nitrogens with one attached hydrogen (secondary N) is 1. The monoisotopic (exact) mass is 386 g/mol. The molecule has 0 heterocycles. The van der Waals surface area contributed by atoms with Crippen LogP contribution in [0.2, 0.25) is 0 Å². The number of anilines is 1. The number of nitro groups is 1. The van der Waals surface area contributed by atoms with Gasteiger partial charge in [0.15, 0.2) is 6.10 Å². The molecule has 2 atom stereocenters. The van der Waals surface area contributed by atoms with Gasteiger partial charge in [0.05, 0.1) is 23.6 Å². The van der Waals surface area contributed by atoms with Crippen LogP contribution in [0.3, 0.4) is 0 Å². The van der Waals surface area contributed by atoms with Gasteiger partial charge in [-0.15, -0.1) is 0 Å². The number of esters is 1. The van der Waals surface area contributed by atoms with Crippen molar-refractivity contribution in [3.05, 3.63) is 64.2 Å². The number of carbonyl (C=O) groups excluding carboxylic acids is 2. The van der Waals surface area contributed by atoms with E-state index >= 15 is 0 Å². The Balaban J connectivity index is 2.09. The summed E-state index contributed by atoms with van der Waals surface area (Å²) in [4.78, 5) is 35.3. The Morgan fingerprint density at radius 1 is 1.18 bits per heavy atom. The number of hydrogen-bond acceptors (Lipinski definition) is 6. The van der Waals surface area contributed by atoms with Crippen molar-refractivity contribution in [2.75, 3.05) is 12.4 Å². The van der Waals surface area contributed by atoms with Crippen LogP contribution in [0.1, 0.15) is 31.7 Å². The van der Waals surface area contributed by atoms with E-state index in [1.54, 1.807) is 0 Å². The van der Waals surface area contributed by atoms with Crippen LogP contribution in [0, 0.1) is 10.1 Å². The Labute approximate surface area is 162 Å². The minimum absolute atomic E-state index is 0.125. The van der Waals surface area contributed by atoms with Gasteiger partial charge in [-0.05, 0) is 25.0 Å². The third kappa shape index (κ3) is 5.06. The minimum Gasteiger partial charge on any atom is -0.495 e. The quantitative estimate of drug-likeness (QED) is 0.421. The fourth-order valence-corrected chi connectivity index (χ4v) is 2.68. The summed E-state index contributed by atoms with van der Waals surface area (Å²) in [6.07, 6.45) is -0.565. The molecule has 0 aliphatic rings. The molecule has 0 saturated heterocycles. The molecule has 2 aromatic rings. The molecule has 1 amide bonds. The maximum Gasteiger partial charge on any atom is 0.314 e. The molecule has 0 saturated carbocycles. The van der Waals surface area contributed by atoms with Gasteiger partial charge in [0, 0.05) is 12.1 Å². The van der Waals surface area contributed by atoms with Gasteiger partial charge in [-0.25, -0.2) is 0 Å². The summed E-state index contributed by atoms with van der Waals surface area (Å²) in [5.74, 6) is -1.35. The Morgan fingerprint density at radius 2 is 1.86 bits per heavy atom. The molecule has 148 valence electrons. The number of nitrogens with zero attached hydrogens (tertiary/aromatic N) is 1. The highest BCUT2D eigenvalue weighted by Gasteiger charge is 2.26. The summed E-state index contributed by atoms with van der Waals surface area (Å²) < 4.78 is 10.4. The summed E-state index contributed by atoms with van der Waals surface area (Å²) in [6.45, 7) is 3.30. The highest BCUT2D eigenvalue weighted by atomic mass is 16.6. The molecular weight excluding hydrogens is 364 g/mol. The van der Waals surface area contributed by atoms with Crippen LogP contribution in [0.25, 0.3) is 0 Å². The van der Waals surface area contributed by atoms with Crippen molar-refractivity contribution in [3.63, 3.8) is 0 Å². The number of nitro benzene ring substituents is 1. The van der Waals surface area contributed by atoms with Crippen molar-refractivity contribution >= 4 is 23.3 Å². The van der Waals surface area contributed by atoms with Crippen LogP contribution in [-0.2, 0) is 14.3 Å². The maximum absolute atomic E-state index is 12.5. The van der Waals surface area contributed by atoms with Crippen molar-refractivity contribution in [3.8, 4) is 5.75 Å². The first-order chi connectivity index (χ1) is 13.4. The van der Waals surface area contributed by atoms with E-state index in [0.717, 1.165) is 5.56 Å². The lowest BCUT2D eigenvalue weighted by Gasteiger charge is -2.19. The first kappa shape index (κ1) is 20.9. The van der Waals surface area contributed by atoms with Gasteiger partial charge >= 0.3 is 5.97 Å². The van der Waals surface area contributed by atoms with Gasteiger partial charge in [-0.2, -0.15) is 0 Å². The van der Waals surface area contributed by atoms with Gasteiger partial charge in [0.2, 0.25) is 0 Å². The molecule has 1 N–H and O–H groups in total. The van der Waals surface area contributed by atoms with E-state index in [2.05, 4.69) is 5.32 Å². The van der Waals surface area contributed by atoms with Crippen LogP contribution >= 0.6 is 0 Å². The molecular formula is C20H22N2O6. The molecule has 28 heavy (non-hydrogen) atoms. The van der Waals surface area contributed by atoms with Crippen molar-refractivity contribution < 1.29 is 24.0 Å². The van der Waals surface area contributed by atoms with Crippen LogP contribution in [0.5, 0.6) is 5.75 Å². The zero-order chi connectivity index (χ0) is 20.7. The Kier molecular flexibility index (Phi) is 7.08. The van der Waals surface area contributed by atoms with Gasteiger partial charge < -0.3 is 14.8 Å². The molecule has 8 nitrogen and oxygen atoms in total. The third-order valence-corrected chi connectivity index (χ3v) is 4.21. The van der Waals surface area contributed by atoms with Crippen LogP contribution in [0.15, 0.2) is 48.5 Å². The van der Waals surface area contributed by atoms with Gasteiger partial charge in [-0.3, -0.25) is 19.7 Å². The summed E-state index contributed by atoms with van der Waals surface area (Å²) >= 11 is 0. The van der Waals surface area contributed by atoms with E-state index in [9.17, 15) is 19.7 Å². The van der Waals surface area contributed by atoms with Crippen molar-refractivity contribution in [1.82, 2.24) is 0 Å². The van der Waals surface area contributed by atoms with E-state index in [0.29, 0.717) is 6.42 Å². The van der Waals surface area contributed by atoms with Crippen LogP contribution in [-0.4, -0.2) is 30.0 Å². The zero-order valence-corrected chi connectivity index (χ0v) is 15.9. The second-order valence-corrected chi connectivity index (χ2v) is 6.08. The fourth-order valence-electron chi connectivity index (χ4n) is 2.68. The maximum atomic E-state index is 12.5. The molecule has 0 unspecified atom stereocenters. The standard InChI is InChI=1S/C20H22N2O6/c1-4-16(14-8-6-5-7-9-14)20(24)28-13(2)19(23)21-17-12-15(22(25)26)10-11-18(17)27-3/h5-13,16H,4H2,1-3H3,(H,21,23)/t13-,16+/m0/s1. The lowest BCUT2D eigenvalue weighted by atomic mass is 9.97. The largest absolute Gasteiger partial charge is 0.495 e. The molecule has 0 fully saturated rings. The zero-order valence-electron chi connectivity index (χ0n) is 15.9. The molecule has 0 bridgehead atoms. The van der Waals surface area contributed by atoms with Crippen molar-refractivity contribution in [2.45, 2.75) is 32.3 Å². The van der Waals surface area contributed by atoms with Gasteiger partial charge in [-0.1, -0.05) is 37.3 Å². The van der Waals surface area contributed by atoms with Crippen molar-refractivity contribution in [2.24, 2.45) is 0 Å². The Bertz CT molecular complexity index is 853. The molecule has 0 spiro atoms. The lowest BCUT2D eigenvalue weighted by molar-refractivity contribution is -0.384. The highest BCUT2D eigenvalue weighted by Crippen LogP contribution is 2.29. The molecule has 0 aliphatic heterocycles. The second-order valence-electron chi connectivity index (χ2n) is 6.08. The first-order valence-corrected chi connectivity index (χ1v) is 8.76. The average Bonchev–Trinajstić information content (AvgIpc) is 2.69. The molecule has 2 aromatic carbocycles. The number of methoxy groups -OCH3 is 1. The molecule has 2 rings (SSSR count). The van der Waals surface area contributed by atoms with E-state index in [4.69, 9.17) is 9.47 Å². The topological polar surface area (TPSA) is 108 Å². The van der Waals surface area contributed by atoms with E-state index < -0.39 is 28.8 Å². The SMILES string of the molecule is CC[C@@H](C(=O)O[C@@H](C)C(=O)Nc1cc([N+](=O)[O-])ccc1OC)c1ccccc1. The van der Waals surface area contributed by atoms with Crippen LogP contribution < -0.4 is 10.1 Å². The highest BCUT2D eigenvalue weighted by molar-refractivity contribution is 5.97. The van der Waals surface area contributed by atoms with Crippen molar-refractivity contribution in [1.29, 1.82) is 0 Å². The minimum atomic E-state index is -1.09.